The SMILES string of the molecule is CC1(OC(=O)N[C@H](C(=O)O)C(C)(C)C)COCOC1. The molecule has 0 radical (unpaired) electrons. The summed E-state index contributed by atoms with van der Waals surface area (Å²) in [7, 11) is 0. The van der Waals surface area contributed by atoms with Crippen LogP contribution in [0.2, 0.25) is 0 Å². The molecule has 7 heteroatoms. The fourth-order valence-electron chi connectivity index (χ4n) is 1.69. The number of aliphatic carboxylic acids is 1. The summed E-state index contributed by atoms with van der Waals surface area (Å²) < 4.78 is 15.3. The summed E-state index contributed by atoms with van der Waals surface area (Å²) in [5, 5.41) is 11.5. The Morgan fingerprint density at radius 1 is 1.32 bits per heavy atom. The summed E-state index contributed by atoms with van der Waals surface area (Å²) in [6.07, 6.45) is -0.793. The summed E-state index contributed by atoms with van der Waals surface area (Å²) in [6.45, 7) is 7.43. The molecule has 19 heavy (non-hydrogen) atoms. The van der Waals surface area contributed by atoms with Crippen molar-refractivity contribution in [1.29, 1.82) is 0 Å². The molecule has 110 valence electrons. The maximum absolute atomic E-state index is 11.8. The molecule has 0 aromatic rings. The molecule has 1 rings (SSSR count). The van der Waals surface area contributed by atoms with Crippen LogP contribution in [0, 0.1) is 5.41 Å². The molecule has 1 amide bonds. The highest BCUT2D eigenvalue weighted by atomic mass is 16.7. The van der Waals surface area contributed by atoms with Gasteiger partial charge in [0.1, 0.15) is 12.8 Å². The van der Waals surface area contributed by atoms with E-state index in [4.69, 9.17) is 19.3 Å². The first kappa shape index (κ1) is 15.7. The Labute approximate surface area is 112 Å². The molecule has 1 aliphatic rings. The average molecular weight is 275 g/mol. The molecule has 1 saturated heterocycles. The van der Waals surface area contributed by atoms with Crippen LogP contribution in [0.25, 0.3) is 0 Å². The lowest BCUT2D eigenvalue weighted by molar-refractivity contribution is -0.192. The largest absolute Gasteiger partial charge is 0.480 e. The number of carbonyl (C=O) groups excluding carboxylic acids is 1. The van der Waals surface area contributed by atoms with Crippen LogP contribution in [-0.2, 0) is 19.0 Å². The number of nitrogens with one attached hydrogen (secondary N) is 1. The van der Waals surface area contributed by atoms with Crippen molar-refractivity contribution >= 4 is 12.1 Å². The Morgan fingerprint density at radius 3 is 2.26 bits per heavy atom. The van der Waals surface area contributed by atoms with Gasteiger partial charge in [0, 0.05) is 0 Å². The van der Waals surface area contributed by atoms with Crippen LogP contribution in [0.15, 0.2) is 0 Å². The molecule has 1 atom stereocenters. The van der Waals surface area contributed by atoms with Crippen LogP contribution in [0.1, 0.15) is 27.7 Å². The van der Waals surface area contributed by atoms with Gasteiger partial charge in [0.15, 0.2) is 5.60 Å². The second-order valence-corrected chi connectivity index (χ2v) is 5.94. The lowest BCUT2D eigenvalue weighted by atomic mass is 9.87. The number of alkyl carbamates (subject to hydrolysis) is 1. The van der Waals surface area contributed by atoms with Gasteiger partial charge in [0.05, 0.1) is 13.2 Å². The standard InChI is InChI=1S/C12H21NO6/c1-11(2,3)8(9(14)15)13-10(16)19-12(4)5-17-7-18-6-12/h8H,5-7H2,1-4H3,(H,13,16)(H,14,15)/t8-/m1/s1. The fourth-order valence-corrected chi connectivity index (χ4v) is 1.69. The number of carbonyl (C=O) groups is 2. The number of hydrogen-bond donors (Lipinski definition) is 2. The van der Waals surface area contributed by atoms with E-state index >= 15 is 0 Å². The molecule has 0 unspecified atom stereocenters. The Kier molecular flexibility index (Phi) is 4.75. The molecule has 0 aromatic heterocycles. The molecule has 2 N–H and O–H groups in total. The average Bonchev–Trinajstić information content (AvgIpc) is 2.24. The Hall–Kier alpha value is -1.34. The fraction of sp³-hybridized carbons (Fsp3) is 0.833. The molecule has 0 aromatic carbocycles. The Morgan fingerprint density at radius 2 is 1.84 bits per heavy atom. The molecule has 0 spiro atoms. The van der Waals surface area contributed by atoms with Crippen LogP contribution in [0.3, 0.4) is 0 Å². The van der Waals surface area contributed by atoms with Crippen LogP contribution in [0.4, 0.5) is 4.79 Å². The van der Waals surface area contributed by atoms with Gasteiger partial charge in [-0.2, -0.15) is 0 Å². The predicted octanol–water partition coefficient (Wildman–Crippen LogP) is 0.975. The van der Waals surface area contributed by atoms with E-state index in [0.29, 0.717) is 0 Å². The summed E-state index contributed by atoms with van der Waals surface area (Å²) in [6, 6.07) is -1.03. The zero-order chi connectivity index (χ0) is 14.7. The van der Waals surface area contributed by atoms with Crippen molar-refractivity contribution in [2.75, 3.05) is 20.0 Å². The molecular formula is C12H21NO6. The highest BCUT2D eigenvalue weighted by Crippen LogP contribution is 2.21. The van der Waals surface area contributed by atoms with E-state index in [1.54, 1.807) is 27.7 Å². The molecule has 0 bridgehead atoms. The second kappa shape index (κ2) is 5.75. The van der Waals surface area contributed by atoms with Crippen molar-refractivity contribution < 1.29 is 28.9 Å². The zero-order valence-electron chi connectivity index (χ0n) is 11.7. The maximum atomic E-state index is 11.8. The smallest absolute Gasteiger partial charge is 0.408 e. The van der Waals surface area contributed by atoms with Crippen LogP contribution < -0.4 is 5.32 Å². The number of rotatable bonds is 3. The van der Waals surface area contributed by atoms with Crippen molar-refractivity contribution in [3.63, 3.8) is 0 Å². The first-order valence-corrected chi connectivity index (χ1v) is 6.02. The van der Waals surface area contributed by atoms with Crippen LogP contribution >= 0.6 is 0 Å². The normalized spacial score (nSPS) is 20.4. The summed E-state index contributed by atoms with van der Waals surface area (Å²) in [5.74, 6) is -1.11. The maximum Gasteiger partial charge on any atom is 0.408 e. The third kappa shape index (κ3) is 4.68. The lowest BCUT2D eigenvalue weighted by Crippen LogP contribution is -2.53. The number of hydrogen-bond acceptors (Lipinski definition) is 5. The quantitative estimate of drug-likeness (QED) is 0.797. The molecule has 7 nitrogen and oxygen atoms in total. The van der Waals surface area contributed by atoms with E-state index in [1.807, 2.05) is 0 Å². The van der Waals surface area contributed by atoms with Crippen molar-refractivity contribution in [1.82, 2.24) is 5.32 Å². The van der Waals surface area contributed by atoms with E-state index in [2.05, 4.69) is 5.32 Å². The van der Waals surface area contributed by atoms with Gasteiger partial charge in [0.25, 0.3) is 0 Å². The molecule has 1 heterocycles. The number of ether oxygens (including phenoxy) is 3. The van der Waals surface area contributed by atoms with Crippen molar-refractivity contribution in [3.05, 3.63) is 0 Å². The summed E-state index contributed by atoms with van der Waals surface area (Å²) in [5.41, 5.74) is -1.52. The highest BCUT2D eigenvalue weighted by molar-refractivity contribution is 5.80. The van der Waals surface area contributed by atoms with Gasteiger partial charge < -0.3 is 24.6 Å². The third-order valence-electron chi connectivity index (χ3n) is 2.70. The second-order valence-electron chi connectivity index (χ2n) is 5.94. The zero-order valence-corrected chi connectivity index (χ0v) is 11.7. The van der Waals surface area contributed by atoms with Crippen LogP contribution in [0.5, 0.6) is 0 Å². The first-order valence-electron chi connectivity index (χ1n) is 6.02. The molecule has 1 aliphatic heterocycles. The number of carboxylic acid groups (broad SMARTS) is 1. The van der Waals surface area contributed by atoms with Gasteiger partial charge in [-0.05, 0) is 12.3 Å². The molecular weight excluding hydrogens is 254 g/mol. The van der Waals surface area contributed by atoms with E-state index in [1.165, 1.54) is 0 Å². The minimum absolute atomic E-state index is 0.167. The summed E-state index contributed by atoms with van der Waals surface area (Å²) in [4.78, 5) is 22.9. The van der Waals surface area contributed by atoms with Gasteiger partial charge >= 0.3 is 12.1 Å². The summed E-state index contributed by atoms with van der Waals surface area (Å²) >= 11 is 0. The Balaban J connectivity index is 2.60. The third-order valence-corrected chi connectivity index (χ3v) is 2.70. The topological polar surface area (TPSA) is 94.1 Å². The van der Waals surface area contributed by atoms with Crippen LogP contribution in [-0.4, -0.2) is 48.8 Å². The monoisotopic (exact) mass is 275 g/mol. The molecule has 0 aliphatic carbocycles. The van der Waals surface area contributed by atoms with Gasteiger partial charge in [-0.1, -0.05) is 20.8 Å². The van der Waals surface area contributed by atoms with Crippen molar-refractivity contribution in [2.24, 2.45) is 5.41 Å². The minimum Gasteiger partial charge on any atom is -0.480 e. The van der Waals surface area contributed by atoms with Gasteiger partial charge in [-0.15, -0.1) is 0 Å². The van der Waals surface area contributed by atoms with E-state index in [9.17, 15) is 9.59 Å². The van der Waals surface area contributed by atoms with Gasteiger partial charge in [-0.3, -0.25) is 0 Å². The van der Waals surface area contributed by atoms with Gasteiger partial charge in [-0.25, -0.2) is 9.59 Å². The van der Waals surface area contributed by atoms with Gasteiger partial charge in [0.2, 0.25) is 0 Å². The van der Waals surface area contributed by atoms with E-state index in [0.717, 1.165) is 0 Å². The first-order chi connectivity index (χ1) is 8.64. The lowest BCUT2D eigenvalue weighted by Gasteiger charge is -2.34. The Bertz CT molecular complexity index is 343. The van der Waals surface area contributed by atoms with Crippen molar-refractivity contribution in [2.45, 2.75) is 39.3 Å². The number of carboxylic acids is 1. The molecule has 1 fully saturated rings. The number of amides is 1. The predicted molar refractivity (Wildman–Crippen MR) is 65.7 cm³/mol. The van der Waals surface area contributed by atoms with Crippen molar-refractivity contribution in [3.8, 4) is 0 Å². The van der Waals surface area contributed by atoms with E-state index < -0.39 is 29.1 Å². The minimum atomic E-state index is -1.11. The van der Waals surface area contributed by atoms with E-state index in [-0.39, 0.29) is 20.0 Å². The highest BCUT2D eigenvalue weighted by Gasteiger charge is 2.37. The molecule has 0 saturated carbocycles.